The van der Waals surface area contributed by atoms with Crippen molar-refractivity contribution in [3.8, 4) is 5.69 Å². The Bertz CT molecular complexity index is 1230. The Kier molecular flexibility index (Phi) is 4.47. The second-order valence-electron chi connectivity index (χ2n) is 6.63. The highest BCUT2D eigenvalue weighted by Gasteiger charge is 2.23. The van der Waals surface area contributed by atoms with Gasteiger partial charge in [-0.05, 0) is 41.1 Å². The van der Waals surface area contributed by atoms with Crippen molar-refractivity contribution in [1.29, 1.82) is 0 Å². The maximum atomic E-state index is 13.1. The fourth-order valence-corrected chi connectivity index (χ4v) is 4.27. The van der Waals surface area contributed by atoms with Gasteiger partial charge in [-0.25, -0.2) is 4.68 Å². The quantitative estimate of drug-likeness (QED) is 0.525. The zero-order valence-electron chi connectivity index (χ0n) is 15.7. The Hall–Kier alpha value is -3.06. The number of aromatic nitrogens is 3. The number of fused-ring (bicyclic) bond motifs is 1. The van der Waals surface area contributed by atoms with Crippen LogP contribution in [-0.4, -0.2) is 19.8 Å². The molecule has 0 aliphatic heterocycles. The maximum absolute atomic E-state index is 13.1. The molecule has 0 spiro atoms. The molecule has 0 unspecified atom stereocenters. The standard InChI is InChI=1S/C21H19BrN4O2/c1-13-18(21(28)26(25(13)3)14-9-5-4-6-10-14)23-20(27)19-17(22)15-11-7-8-12-16(15)24(19)2/h4-12H,1-3H3,(H,23,27). The number of aryl methyl sites for hydroxylation is 1. The number of rotatable bonds is 3. The van der Waals surface area contributed by atoms with Crippen LogP contribution in [0.1, 0.15) is 16.2 Å². The Labute approximate surface area is 170 Å². The lowest BCUT2D eigenvalue weighted by Crippen LogP contribution is -2.24. The van der Waals surface area contributed by atoms with Gasteiger partial charge in [-0.15, -0.1) is 0 Å². The van der Waals surface area contributed by atoms with Gasteiger partial charge in [0, 0.05) is 25.0 Å². The number of carbonyl (C=O) groups is 1. The van der Waals surface area contributed by atoms with Crippen LogP contribution in [0.25, 0.3) is 16.6 Å². The third-order valence-corrected chi connectivity index (χ3v) is 5.86. The highest BCUT2D eigenvalue weighted by atomic mass is 79.9. The molecular formula is C21H19BrN4O2. The van der Waals surface area contributed by atoms with E-state index in [1.165, 1.54) is 0 Å². The van der Waals surface area contributed by atoms with Gasteiger partial charge in [0.15, 0.2) is 0 Å². The van der Waals surface area contributed by atoms with Crippen LogP contribution >= 0.6 is 15.9 Å². The normalized spacial score (nSPS) is 11.1. The predicted molar refractivity (Wildman–Crippen MR) is 114 cm³/mol. The van der Waals surface area contributed by atoms with E-state index in [4.69, 9.17) is 0 Å². The van der Waals surface area contributed by atoms with Gasteiger partial charge >= 0.3 is 0 Å². The lowest BCUT2D eigenvalue weighted by atomic mass is 10.2. The van der Waals surface area contributed by atoms with Crippen LogP contribution in [0.3, 0.4) is 0 Å². The first-order valence-corrected chi connectivity index (χ1v) is 9.59. The summed E-state index contributed by atoms with van der Waals surface area (Å²) in [6.45, 7) is 1.81. The molecule has 1 N–H and O–H groups in total. The molecule has 1 amide bonds. The van der Waals surface area contributed by atoms with E-state index in [2.05, 4.69) is 21.2 Å². The lowest BCUT2D eigenvalue weighted by Gasteiger charge is -2.07. The van der Waals surface area contributed by atoms with Gasteiger partial charge in [0.1, 0.15) is 11.4 Å². The van der Waals surface area contributed by atoms with Gasteiger partial charge < -0.3 is 9.88 Å². The van der Waals surface area contributed by atoms with Gasteiger partial charge in [0.2, 0.25) is 0 Å². The molecule has 0 radical (unpaired) electrons. The first kappa shape index (κ1) is 18.3. The molecule has 4 rings (SSSR count). The van der Waals surface area contributed by atoms with Crippen molar-refractivity contribution in [2.75, 3.05) is 5.32 Å². The van der Waals surface area contributed by atoms with Crippen molar-refractivity contribution in [3.05, 3.63) is 80.8 Å². The second-order valence-corrected chi connectivity index (χ2v) is 7.42. The number of amides is 1. The van der Waals surface area contributed by atoms with Crippen LogP contribution in [0.15, 0.2) is 63.9 Å². The van der Waals surface area contributed by atoms with E-state index in [1.807, 2.05) is 73.1 Å². The monoisotopic (exact) mass is 438 g/mol. The van der Waals surface area contributed by atoms with Gasteiger partial charge in [-0.2, -0.15) is 0 Å². The van der Waals surface area contributed by atoms with Gasteiger partial charge in [0.25, 0.3) is 11.5 Å². The van der Waals surface area contributed by atoms with Crippen molar-refractivity contribution < 1.29 is 4.79 Å². The summed E-state index contributed by atoms with van der Waals surface area (Å²) in [6.07, 6.45) is 0. The molecule has 6 nitrogen and oxygen atoms in total. The molecule has 4 aromatic rings. The van der Waals surface area contributed by atoms with Crippen molar-refractivity contribution >= 4 is 38.4 Å². The summed E-state index contributed by atoms with van der Waals surface area (Å²) in [7, 11) is 3.63. The van der Waals surface area contributed by atoms with E-state index in [0.717, 1.165) is 16.6 Å². The number of halogens is 1. The molecule has 7 heteroatoms. The van der Waals surface area contributed by atoms with E-state index in [9.17, 15) is 9.59 Å². The van der Waals surface area contributed by atoms with Crippen molar-refractivity contribution in [2.45, 2.75) is 6.92 Å². The first-order valence-electron chi connectivity index (χ1n) is 8.80. The summed E-state index contributed by atoms with van der Waals surface area (Å²) in [6, 6.07) is 17.1. The number of carbonyl (C=O) groups excluding carboxylic acids is 1. The summed E-state index contributed by atoms with van der Waals surface area (Å²) in [4.78, 5) is 26.1. The number of benzene rings is 2. The van der Waals surface area contributed by atoms with Crippen LogP contribution in [0.5, 0.6) is 0 Å². The van der Waals surface area contributed by atoms with E-state index in [1.54, 1.807) is 16.4 Å². The topological polar surface area (TPSA) is 61.0 Å². The summed E-state index contributed by atoms with van der Waals surface area (Å²) in [5.41, 5.74) is 2.82. The zero-order valence-corrected chi connectivity index (χ0v) is 17.3. The molecule has 2 aromatic heterocycles. The number of hydrogen-bond donors (Lipinski definition) is 1. The molecule has 2 heterocycles. The number of nitrogens with one attached hydrogen (secondary N) is 1. The first-order chi connectivity index (χ1) is 13.4. The molecule has 0 saturated carbocycles. The lowest BCUT2D eigenvalue weighted by molar-refractivity contribution is 0.101. The number of para-hydroxylation sites is 2. The SMILES string of the molecule is Cc1c(NC(=O)c2c(Br)c3ccccc3n2C)c(=O)n(-c2ccccc2)n1C. The molecule has 0 atom stereocenters. The molecule has 0 aliphatic rings. The fourth-order valence-electron chi connectivity index (χ4n) is 3.48. The van der Waals surface area contributed by atoms with Gasteiger partial charge in [-0.1, -0.05) is 36.4 Å². The minimum atomic E-state index is -0.336. The molecule has 142 valence electrons. The van der Waals surface area contributed by atoms with E-state index < -0.39 is 0 Å². The molecule has 0 aliphatic carbocycles. The van der Waals surface area contributed by atoms with Crippen LogP contribution in [0.4, 0.5) is 5.69 Å². The van der Waals surface area contributed by atoms with Crippen molar-refractivity contribution in [3.63, 3.8) is 0 Å². The minimum absolute atomic E-state index is 0.269. The summed E-state index contributed by atoms with van der Waals surface area (Å²) < 4.78 is 5.81. The van der Waals surface area contributed by atoms with Crippen LogP contribution < -0.4 is 10.9 Å². The molecule has 0 fully saturated rings. The van der Waals surface area contributed by atoms with Crippen molar-refractivity contribution in [1.82, 2.24) is 13.9 Å². The Balaban J connectivity index is 1.79. The van der Waals surface area contributed by atoms with Crippen LogP contribution in [0, 0.1) is 6.92 Å². The predicted octanol–water partition coefficient (Wildman–Crippen LogP) is 3.99. The van der Waals surface area contributed by atoms with Gasteiger partial charge in [-0.3, -0.25) is 14.3 Å². The zero-order chi connectivity index (χ0) is 20.0. The fraction of sp³-hybridized carbons (Fsp3) is 0.143. The Morgan fingerprint density at radius 1 is 1.00 bits per heavy atom. The molecule has 2 aromatic carbocycles. The third kappa shape index (κ3) is 2.70. The molecule has 0 bridgehead atoms. The van der Waals surface area contributed by atoms with Crippen LogP contribution in [-0.2, 0) is 14.1 Å². The highest BCUT2D eigenvalue weighted by Crippen LogP contribution is 2.30. The smallest absolute Gasteiger partial charge is 0.295 e. The average Bonchev–Trinajstić information content (AvgIpc) is 3.08. The van der Waals surface area contributed by atoms with Crippen molar-refractivity contribution in [2.24, 2.45) is 14.1 Å². The van der Waals surface area contributed by atoms with Crippen LogP contribution in [0.2, 0.25) is 0 Å². The third-order valence-electron chi connectivity index (χ3n) is 5.05. The summed E-state index contributed by atoms with van der Waals surface area (Å²) >= 11 is 3.54. The number of nitrogens with zero attached hydrogens (tertiary/aromatic N) is 3. The largest absolute Gasteiger partial charge is 0.339 e. The van der Waals surface area contributed by atoms with E-state index >= 15 is 0 Å². The number of hydrogen-bond acceptors (Lipinski definition) is 2. The van der Waals surface area contributed by atoms with E-state index in [0.29, 0.717) is 15.9 Å². The maximum Gasteiger partial charge on any atom is 0.295 e. The second kappa shape index (κ2) is 6.83. The van der Waals surface area contributed by atoms with E-state index in [-0.39, 0.29) is 17.2 Å². The summed E-state index contributed by atoms with van der Waals surface area (Å²) in [5, 5.41) is 3.77. The average molecular weight is 439 g/mol. The molecular weight excluding hydrogens is 420 g/mol. The summed E-state index contributed by atoms with van der Waals surface area (Å²) in [5.74, 6) is -0.336. The highest BCUT2D eigenvalue weighted by molar-refractivity contribution is 9.10. The minimum Gasteiger partial charge on any atom is -0.339 e. The van der Waals surface area contributed by atoms with Gasteiger partial charge in [0.05, 0.1) is 15.9 Å². The molecule has 28 heavy (non-hydrogen) atoms. The Morgan fingerprint density at radius 3 is 2.32 bits per heavy atom. The number of anilines is 1. The molecule has 0 saturated heterocycles. The Morgan fingerprint density at radius 2 is 1.64 bits per heavy atom.